The predicted molar refractivity (Wildman–Crippen MR) is 76.5 cm³/mol. The monoisotopic (exact) mass is 283 g/mol. The average molecular weight is 283 g/mol. The van der Waals surface area contributed by atoms with Crippen LogP contribution in [0.4, 0.5) is 5.69 Å². The number of nitrogens with one attached hydrogen (secondary N) is 2. The smallest absolute Gasteiger partial charge is 0.240 e. The standard InChI is InChI=1S/C13H21N3O2S/c1-15-19(17,18)11-8-6-10(7-9-11)16-13-5-3-2-4-12(13)14/h6-9,12-13,15-16H,2-5,14H2,1H3. The molecule has 5 nitrogen and oxygen atoms in total. The Bertz CT molecular complexity index is 513. The van der Waals surface area contributed by atoms with E-state index in [1.54, 1.807) is 24.3 Å². The molecule has 1 aromatic rings. The molecule has 6 heteroatoms. The Kier molecular flexibility index (Phi) is 4.44. The molecule has 0 radical (unpaired) electrons. The van der Waals surface area contributed by atoms with Gasteiger partial charge < -0.3 is 11.1 Å². The summed E-state index contributed by atoms with van der Waals surface area (Å²) in [4.78, 5) is 0.272. The summed E-state index contributed by atoms with van der Waals surface area (Å²) in [5.74, 6) is 0. The van der Waals surface area contributed by atoms with Crippen LogP contribution in [0.15, 0.2) is 29.2 Å². The van der Waals surface area contributed by atoms with Crippen LogP contribution in [0.5, 0.6) is 0 Å². The molecular weight excluding hydrogens is 262 g/mol. The number of anilines is 1. The maximum atomic E-state index is 11.6. The van der Waals surface area contributed by atoms with Crippen molar-refractivity contribution in [3.05, 3.63) is 24.3 Å². The molecule has 0 aromatic heterocycles. The van der Waals surface area contributed by atoms with Crippen LogP contribution in [0, 0.1) is 0 Å². The van der Waals surface area contributed by atoms with Crippen molar-refractivity contribution >= 4 is 15.7 Å². The van der Waals surface area contributed by atoms with E-state index >= 15 is 0 Å². The number of benzene rings is 1. The highest BCUT2D eigenvalue weighted by Crippen LogP contribution is 2.22. The Morgan fingerprint density at radius 1 is 1.16 bits per heavy atom. The highest BCUT2D eigenvalue weighted by Gasteiger charge is 2.21. The van der Waals surface area contributed by atoms with Crippen LogP contribution < -0.4 is 15.8 Å². The molecule has 0 spiro atoms. The second-order valence-electron chi connectivity index (χ2n) is 4.93. The molecule has 0 heterocycles. The van der Waals surface area contributed by atoms with Gasteiger partial charge >= 0.3 is 0 Å². The highest BCUT2D eigenvalue weighted by atomic mass is 32.2. The van der Waals surface area contributed by atoms with E-state index in [-0.39, 0.29) is 17.0 Å². The van der Waals surface area contributed by atoms with Crippen molar-refractivity contribution in [2.45, 2.75) is 42.7 Å². The van der Waals surface area contributed by atoms with E-state index in [1.165, 1.54) is 19.9 Å². The lowest BCUT2D eigenvalue weighted by atomic mass is 9.91. The van der Waals surface area contributed by atoms with Crippen LogP contribution in [0.1, 0.15) is 25.7 Å². The topological polar surface area (TPSA) is 84.2 Å². The van der Waals surface area contributed by atoms with Crippen LogP contribution in [0.3, 0.4) is 0 Å². The minimum atomic E-state index is -3.36. The summed E-state index contributed by atoms with van der Waals surface area (Å²) in [7, 11) is -1.96. The van der Waals surface area contributed by atoms with Crippen LogP contribution >= 0.6 is 0 Å². The van der Waals surface area contributed by atoms with Gasteiger partial charge in [-0.3, -0.25) is 0 Å². The van der Waals surface area contributed by atoms with Crippen LogP contribution in [0.2, 0.25) is 0 Å². The molecule has 4 N–H and O–H groups in total. The van der Waals surface area contributed by atoms with Gasteiger partial charge in [-0.05, 0) is 44.2 Å². The van der Waals surface area contributed by atoms with E-state index in [4.69, 9.17) is 5.73 Å². The van der Waals surface area contributed by atoms with Crippen molar-refractivity contribution in [1.29, 1.82) is 0 Å². The van der Waals surface area contributed by atoms with Crippen molar-refractivity contribution in [3.63, 3.8) is 0 Å². The van der Waals surface area contributed by atoms with E-state index in [2.05, 4.69) is 10.0 Å². The Morgan fingerprint density at radius 3 is 2.37 bits per heavy atom. The van der Waals surface area contributed by atoms with E-state index < -0.39 is 10.0 Å². The molecule has 19 heavy (non-hydrogen) atoms. The van der Waals surface area contributed by atoms with Gasteiger partial charge in [-0.1, -0.05) is 12.8 Å². The molecule has 0 bridgehead atoms. The molecule has 2 unspecified atom stereocenters. The van der Waals surface area contributed by atoms with E-state index in [0.717, 1.165) is 18.5 Å². The maximum Gasteiger partial charge on any atom is 0.240 e. The zero-order chi connectivity index (χ0) is 13.9. The van der Waals surface area contributed by atoms with Crippen molar-refractivity contribution in [3.8, 4) is 0 Å². The molecule has 1 aliphatic rings. The predicted octanol–water partition coefficient (Wildman–Crippen LogP) is 1.28. The van der Waals surface area contributed by atoms with Gasteiger partial charge in [0.25, 0.3) is 0 Å². The van der Waals surface area contributed by atoms with Gasteiger partial charge in [-0.25, -0.2) is 13.1 Å². The molecule has 1 aromatic carbocycles. The minimum Gasteiger partial charge on any atom is -0.381 e. The zero-order valence-corrected chi connectivity index (χ0v) is 11.9. The quantitative estimate of drug-likeness (QED) is 0.777. The second kappa shape index (κ2) is 5.90. The largest absolute Gasteiger partial charge is 0.381 e. The number of hydrogen-bond acceptors (Lipinski definition) is 4. The highest BCUT2D eigenvalue weighted by molar-refractivity contribution is 7.89. The van der Waals surface area contributed by atoms with Gasteiger partial charge in [-0.2, -0.15) is 0 Å². The Morgan fingerprint density at radius 2 is 1.79 bits per heavy atom. The first-order valence-corrected chi connectivity index (χ1v) is 8.07. The van der Waals surface area contributed by atoms with Gasteiger partial charge in [0.2, 0.25) is 10.0 Å². The van der Waals surface area contributed by atoms with Crippen molar-refractivity contribution < 1.29 is 8.42 Å². The SMILES string of the molecule is CNS(=O)(=O)c1ccc(NC2CCCCC2N)cc1. The molecule has 1 saturated carbocycles. The Labute approximate surface area is 114 Å². The first kappa shape index (κ1) is 14.3. The van der Waals surface area contributed by atoms with Gasteiger partial charge in [-0.15, -0.1) is 0 Å². The molecule has 1 aliphatic carbocycles. The molecule has 0 amide bonds. The summed E-state index contributed by atoms with van der Waals surface area (Å²) in [6.07, 6.45) is 4.50. The van der Waals surface area contributed by atoms with Crippen LogP contribution in [-0.2, 0) is 10.0 Å². The van der Waals surface area contributed by atoms with Gasteiger partial charge in [0.05, 0.1) is 4.90 Å². The van der Waals surface area contributed by atoms with E-state index in [9.17, 15) is 8.42 Å². The summed E-state index contributed by atoms with van der Waals surface area (Å²) in [6.45, 7) is 0. The Hall–Kier alpha value is -1.11. The minimum absolute atomic E-state index is 0.175. The lowest BCUT2D eigenvalue weighted by molar-refractivity contribution is 0.404. The molecule has 106 valence electrons. The third kappa shape index (κ3) is 3.46. The molecule has 2 rings (SSSR count). The number of hydrogen-bond donors (Lipinski definition) is 3. The molecule has 2 atom stereocenters. The second-order valence-corrected chi connectivity index (χ2v) is 6.82. The summed E-state index contributed by atoms with van der Waals surface area (Å²) >= 11 is 0. The summed E-state index contributed by atoms with van der Waals surface area (Å²) in [5.41, 5.74) is 6.99. The first-order chi connectivity index (χ1) is 9.03. The van der Waals surface area contributed by atoms with E-state index in [0.29, 0.717) is 0 Å². The fourth-order valence-electron chi connectivity index (χ4n) is 2.40. The van der Waals surface area contributed by atoms with Gasteiger partial charge in [0.1, 0.15) is 0 Å². The fourth-order valence-corrected chi connectivity index (χ4v) is 3.13. The summed E-state index contributed by atoms with van der Waals surface area (Å²) < 4.78 is 25.5. The maximum absolute atomic E-state index is 11.6. The van der Waals surface area contributed by atoms with Crippen LogP contribution in [-0.4, -0.2) is 27.5 Å². The molecule has 0 aliphatic heterocycles. The fraction of sp³-hybridized carbons (Fsp3) is 0.538. The number of nitrogens with two attached hydrogens (primary N) is 1. The summed E-state index contributed by atoms with van der Waals surface area (Å²) in [6, 6.07) is 7.22. The Balaban J connectivity index is 2.06. The third-order valence-corrected chi connectivity index (χ3v) is 5.04. The zero-order valence-electron chi connectivity index (χ0n) is 11.1. The molecule has 0 saturated heterocycles. The first-order valence-electron chi connectivity index (χ1n) is 6.58. The van der Waals surface area contributed by atoms with E-state index in [1.807, 2.05) is 0 Å². The van der Waals surface area contributed by atoms with Crippen molar-refractivity contribution in [2.24, 2.45) is 5.73 Å². The lowest BCUT2D eigenvalue weighted by Gasteiger charge is -2.30. The number of rotatable bonds is 4. The number of sulfonamides is 1. The van der Waals surface area contributed by atoms with Crippen molar-refractivity contribution in [1.82, 2.24) is 4.72 Å². The van der Waals surface area contributed by atoms with Crippen LogP contribution in [0.25, 0.3) is 0 Å². The third-order valence-electron chi connectivity index (χ3n) is 3.60. The van der Waals surface area contributed by atoms with Gasteiger partial charge in [0, 0.05) is 17.8 Å². The van der Waals surface area contributed by atoms with Gasteiger partial charge in [0.15, 0.2) is 0 Å². The lowest BCUT2D eigenvalue weighted by Crippen LogP contribution is -2.42. The average Bonchev–Trinajstić information content (AvgIpc) is 2.42. The molecular formula is C13H21N3O2S. The van der Waals surface area contributed by atoms with Crippen molar-refractivity contribution in [2.75, 3.05) is 12.4 Å². The summed E-state index contributed by atoms with van der Waals surface area (Å²) in [5, 5.41) is 3.39. The molecule has 1 fully saturated rings. The normalized spacial score (nSPS) is 24.1.